The molecular weight excluding hydrogens is 406 g/mol. The quantitative estimate of drug-likeness (QED) is 0.520. The highest BCUT2D eigenvalue weighted by molar-refractivity contribution is 5.40. The van der Waals surface area contributed by atoms with E-state index < -0.39 is 5.79 Å². The van der Waals surface area contributed by atoms with Gasteiger partial charge >= 0.3 is 0 Å². The molecule has 175 valence electrons. The Kier molecular flexibility index (Phi) is 8.79. The number of hydrogen-bond acceptors (Lipinski definition) is 6. The number of methoxy groups -OCH3 is 2. The van der Waals surface area contributed by atoms with Gasteiger partial charge in [-0.2, -0.15) is 0 Å². The van der Waals surface area contributed by atoms with Gasteiger partial charge in [0.25, 0.3) is 0 Å². The number of ether oxygens (including phenoxy) is 5. The summed E-state index contributed by atoms with van der Waals surface area (Å²) >= 11 is 0. The molecule has 0 amide bonds. The third-order valence-electron chi connectivity index (χ3n) is 5.52. The molecule has 2 aromatic rings. The Morgan fingerprint density at radius 2 is 1.84 bits per heavy atom. The zero-order valence-corrected chi connectivity index (χ0v) is 19.7. The first-order chi connectivity index (χ1) is 15.4. The minimum atomic E-state index is -0.514. The van der Waals surface area contributed by atoms with E-state index in [-0.39, 0.29) is 12.1 Å². The van der Waals surface area contributed by atoms with Crippen LogP contribution in [0.25, 0.3) is 0 Å². The fourth-order valence-corrected chi connectivity index (χ4v) is 3.69. The lowest BCUT2D eigenvalue weighted by Gasteiger charge is -2.17. The van der Waals surface area contributed by atoms with E-state index in [1.54, 1.807) is 14.2 Å². The van der Waals surface area contributed by atoms with Gasteiger partial charge < -0.3 is 29.0 Å². The van der Waals surface area contributed by atoms with Crippen molar-refractivity contribution in [1.82, 2.24) is 5.32 Å². The standard InChI is InChI=1S/C26H36NO5/c1-19(27-16-21-11-14-23(28-4)15-25(21)29-5)7-6-8-20-9-12-22(13-10-20)30-17-24-18-31-26(2,3)32-24/h9-15,19,24,27H,1,6-8,16-18H2,2-5H3/t19?,24-/m0/s1. The van der Waals surface area contributed by atoms with Crippen LogP contribution in [0.3, 0.4) is 0 Å². The molecule has 1 fully saturated rings. The van der Waals surface area contributed by atoms with Gasteiger partial charge in [-0.05, 0) is 63.8 Å². The molecule has 2 atom stereocenters. The zero-order chi connectivity index (χ0) is 23.0. The number of rotatable bonds is 12. The number of benzene rings is 2. The molecule has 6 nitrogen and oxygen atoms in total. The van der Waals surface area contributed by atoms with Crippen LogP contribution in [0.4, 0.5) is 0 Å². The van der Waals surface area contributed by atoms with Crippen molar-refractivity contribution in [1.29, 1.82) is 0 Å². The van der Waals surface area contributed by atoms with Gasteiger partial charge in [0.05, 0.1) is 20.8 Å². The zero-order valence-electron chi connectivity index (χ0n) is 19.7. The Morgan fingerprint density at radius 1 is 1.09 bits per heavy atom. The van der Waals surface area contributed by atoms with Crippen LogP contribution in [0.2, 0.25) is 0 Å². The highest BCUT2D eigenvalue weighted by atomic mass is 16.7. The first kappa shape index (κ1) is 24.4. The van der Waals surface area contributed by atoms with Crippen LogP contribution in [0.15, 0.2) is 42.5 Å². The molecule has 1 heterocycles. The maximum Gasteiger partial charge on any atom is 0.163 e. The van der Waals surface area contributed by atoms with E-state index >= 15 is 0 Å². The van der Waals surface area contributed by atoms with Gasteiger partial charge in [-0.25, -0.2) is 0 Å². The average Bonchev–Trinajstić information content (AvgIpc) is 3.15. The van der Waals surface area contributed by atoms with Crippen LogP contribution in [0.5, 0.6) is 17.2 Å². The number of hydrogen-bond donors (Lipinski definition) is 1. The molecule has 1 aliphatic rings. The topological polar surface area (TPSA) is 58.2 Å². The summed E-state index contributed by atoms with van der Waals surface area (Å²) in [4.78, 5) is 0. The fourth-order valence-electron chi connectivity index (χ4n) is 3.69. The van der Waals surface area contributed by atoms with E-state index in [0.717, 1.165) is 42.1 Å². The largest absolute Gasteiger partial charge is 0.497 e. The van der Waals surface area contributed by atoms with Crippen molar-refractivity contribution in [2.24, 2.45) is 0 Å². The van der Waals surface area contributed by atoms with E-state index in [9.17, 15) is 0 Å². The summed E-state index contributed by atoms with van der Waals surface area (Å²) in [5, 5.41) is 3.48. The minimum absolute atomic E-state index is 0.0240. The van der Waals surface area contributed by atoms with Crippen molar-refractivity contribution in [2.45, 2.75) is 57.6 Å². The van der Waals surface area contributed by atoms with Crippen LogP contribution in [0.1, 0.15) is 37.8 Å². The molecule has 1 N–H and O–H groups in total. The third-order valence-corrected chi connectivity index (χ3v) is 5.52. The molecule has 2 aromatic carbocycles. The maximum absolute atomic E-state index is 5.85. The Labute approximate surface area is 192 Å². The summed E-state index contributed by atoms with van der Waals surface area (Å²) < 4.78 is 27.9. The summed E-state index contributed by atoms with van der Waals surface area (Å²) in [5.41, 5.74) is 2.39. The molecule has 1 aliphatic heterocycles. The van der Waals surface area contributed by atoms with Gasteiger partial charge in [-0.15, -0.1) is 0 Å². The smallest absolute Gasteiger partial charge is 0.163 e. The van der Waals surface area contributed by atoms with Crippen molar-refractivity contribution >= 4 is 0 Å². The number of nitrogens with one attached hydrogen (secondary N) is 1. The lowest BCUT2D eigenvalue weighted by atomic mass is 10.0. The molecule has 6 heteroatoms. The molecule has 1 unspecified atom stereocenters. The van der Waals surface area contributed by atoms with Crippen molar-refractivity contribution in [2.75, 3.05) is 27.4 Å². The summed E-state index contributed by atoms with van der Waals surface area (Å²) in [7, 11) is 3.33. The Morgan fingerprint density at radius 3 is 2.50 bits per heavy atom. The average molecular weight is 443 g/mol. The van der Waals surface area contributed by atoms with Crippen LogP contribution >= 0.6 is 0 Å². The predicted molar refractivity (Wildman–Crippen MR) is 125 cm³/mol. The van der Waals surface area contributed by atoms with Gasteiger partial charge in [0.1, 0.15) is 30.0 Å². The lowest BCUT2D eigenvalue weighted by molar-refractivity contribution is -0.141. The minimum Gasteiger partial charge on any atom is -0.497 e. The molecule has 0 saturated carbocycles. The molecule has 3 rings (SSSR count). The van der Waals surface area contributed by atoms with E-state index in [1.807, 2.05) is 44.2 Å². The van der Waals surface area contributed by atoms with E-state index in [2.05, 4.69) is 24.4 Å². The monoisotopic (exact) mass is 442 g/mol. The van der Waals surface area contributed by atoms with Crippen molar-refractivity contribution in [3.8, 4) is 17.2 Å². The summed E-state index contributed by atoms with van der Waals surface area (Å²) in [6, 6.07) is 14.3. The molecule has 0 spiro atoms. The molecular formula is C26H36NO5. The maximum atomic E-state index is 5.85. The van der Waals surface area contributed by atoms with Gasteiger partial charge in [-0.3, -0.25) is 0 Å². The summed E-state index contributed by atoms with van der Waals surface area (Å²) in [5.74, 6) is 1.95. The second kappa shape index (κ2) is 11.5. The van der Waals surface area contributed by atoms with Crippen molar-refractivity contribution in [3.63, 3.8) is 0 Å². The predicted octanol–water partition coefficient (Wildman–Crippen LogP) is 4.55. The van der Waals surface area contributed by atoms with Gasteiger partial charge in [-0.1, -0.05) is 18.2 Å². The van der Waals surface area contributed by atoms with Crippen molar-refractivity contribution in [3.05, 3.63) is 60.5 Å². The highest BCUT2D eigenvalue weighted by Crippen LogP contribution is 2.25. The first-order valence-electron chi connectivity index (χ1n) is 11.2. The fraction of sp³-hybridized carbons (Fsp3) is 0.500. The molecule has 1 radical (unpaired) electrons. The van der Waals surface area contributed by atoms with E-state index in [1.165, 1.54) is 5.56 Å². The van der Waals surface area contributed by atoms with Gasteiger partial charge in [0.15, 0.2) is 5.79 Å². The van der Waals surface area contributed by atoms with Crippen molar-refractivity contribution < 1.29 is 23.7 Å². The number of aryl methyl sites for hydroxylation is 1. The third kappa shape index (κ3) is 7.40. The van der Waals surface area contributed by atoms with Gasteiger partial charge in [0.2, 0.25) is 0 Å². The molecule has 0 aromatic heterocycles. The molecule has 0 bridgehead atoms. The molecule has 32 heavy (non-hydrogen) atoms. The lowest BCUT2D eigenvalue weighted by Crippen LogP contribution is -2.26. The second-order valence-electron chi connectivity index (χ2n) is 8.55. The molecule has 0 aliphatic carbocycles. The van der Waals surface area contributed by atoms with Gasteiger partial charge in [0, 0.05) is 24.2 Å². The highest BCUT2D eigenvalue weighted by Gasteiger charge is 2.32. The SMILES string of the molecule is [CH2]C(CCCc1ccc(OC[C@H]2COC(C)(C)O2)cc1)NCc1ccc(OC)cc1OC. The Hall–Kier alpha value is -2.28. The first-order valence-corrected chi connectivity index (χ1v) is 11.2. The Balaban J connectivity index is 1.35. The molecule has 1 saturated heterocycles. The Bertz CT molecular complexity index is 837. The normalized spacial score (nSPS) is 18.3. The van der Waals surface area contributed by atoms with Crippen LogP contribution in [0, 0.1) is 6.92 Å². The second-order valence-corrected chi connectivity index (χ2v) is 8.55. The van der Waals surface area contributed by atoms with E-state index in [0.29, 0.717) is 19.8 Å². The van der Waals surface area contributed by atoms with Crippen LogP contribution in [-0.4, -0.2) is 45.4 Å². The summed E-state index contributed by atoms with van der Waals surface area (Å²) in [6.45, 7) is 9.85. The van der Waals surface area contributed by atoms with Crippen LogP contribution in [-0.2, 0) is 22.4 Å². The summed E-state index contributed by atoms with van der Waals surface area (Å²) in [6.07, 6.45) is 3.03. The van der Waals surface area contributed by atoms with Crippen LogP contribution < -0.4 is 19.5 Å². The van der Waals surface area contributed by atoms with E-state index in [4.69, 9.17) is 23.7 Å².